The Morgan fingerprint density at radius 2 is 2.06 bits per heavy atom. The Morgan fingerprint density at radius 3 is 2.56 bits per heavy atom. The molecule has 86 valence electrons. The number of aldehydes is 1. The van der Waals surface area contributed by atoms with Gasteiger partial charge in [0.05, 0.1) is 16.6 Å². The van der Waals surface area contributed by atoms with E-state index in [-0.39, 0.29) is 16.7 Å². The normalized spacial score (nSPS) is 15.8. The Morgan fingerprint density at radius 1 is 1.38 bits per heavy atom. The van der Waals surface area contributed by atoms with E-state index in [1.807, 2.05) is 0 Å². The summed E-state index contributed by atoms with van der Waals surface area (Å²) in [6.45, 7) is 0. The van der Waals surface area contributed by atoms with Crippen molar-refractivity contribution in [2.45, 2.75) is 23.8 Å². The second-order valence-corrected chi connectivity index (χ2v) is 5.24. The first-order valence-electron chi connectivity index (χ1n) is 4.79. The standard InChI is InChI=1S/C10H11NO4S/c11-16(13,14)9-4-1-7(6-12)10(5-9)15-8-2-3-8/h1,4-6,8H,2-3H2,(H2,11,13,14). The van der Waals surface area contributed by atoms with E-state index in [1.54, 1.807) is 0 Å². The predicted molar refractivity (Wildman–Crippen MR) is 56.9 cm³/mol. The third-order valence-electron chi connectivity index (χ3n) is 2.26. The summed E-state index contributed by atoms with van der Waals surface area (Å²) in [5, 5.41) is 4.99. The van der Waals surface area contributed by atoms with Gasteiger partial charge in [-0.05, 0) is 25.0 Å². The molecule has 16 heavy (non-hydrogen) atoms. The van der Waals surface area contributed by atoms with Crippen LogP contribution in [0.2, 0.25) is 0 Å². The molecule has 6 heteroatoms. The Bertz CT molecular complexity index is 520. The molecule has 2 rings (SSSR count). The van der Waals surface area contributed by atoms with Crippen LogP contribution in [0.4, 0.5) is 0 Å². The fourth-order valence-corrected chi connectivity index (χ4v) is 1.79. The summed E-state index contributed by atoms with van der Waals surface area (Å²) in [5.74, 6) is 0.282. The number of benzene rings is 1. The fraction of sp³-hybridized carbons (Fsp3) is 0.300. The first kappa shape index (κ1) is 11.1. The van der Waals surface area contributed by atoms with Crippen molar-refractivity contribution in [1.82, 2.24) is 0 Å². The lowest BCUT2D eigenvalue weighted by atomic mass is 10.2. The van der Waals surface area contributed by atoms with Gasteiger partial charge in [-0.2, -0.15) is 0 Å². The van der Waals surface area contributed by atoms with Crippen molar-refractivity contribution in [2.24, 2.45) is 5.14 Å². The van der Waals surface area contributed by atoms with Crippen LogP contribution in [0.5, 0.6) is 5.75 Å². The van der Waals surface area contributed by atoms with Gasteiger partial charge in [0.15, 0.2) is 6.29 Å². The summed E-state index contributed by atoms with van der Waals surface area (Å²) in [6.07, 6.45) is 2.58. The van der Waals surface area contributed by atoms with Crippen molar-refractivity contribution in [3.05, 3.63) is 23.8 Å². The Hall–Kier alpha value is -1.40. The van der Waals surface area contributed by atoms with E-state index in [9.17, 15) is 13.2 Å². The summed E-state index contributed by atoms with van der Waals surface area (Å²) in [5.41, 5.74) is 0.333. The lowest BCUT2D eigenvalue weighted by Gasteiger charge is -2.08. The number of carbonyl (C=O) groups is 1. The van der Waals surface area contributed by atoms with Gasteiger partial charge in [0.2, 0.25) is 10.0 Å². The Labute approximate surface area is 93.3 Å². The van der Waals surface area contributed by atoms with Crippen molar-refractivity contribution in [3.63, 3.8) is 0 Å². The predicted octanol–water partition coefficient (Wildman–Crippen LogP) is 0.688. The van der Waals surface area contributed by atoms with Gasteiger partial charge in [0, 0.05) is 6.07 Å². The van der Waals surface area contributed by atoms with E-state index in [0.717, 1.165) is 12.8 Å². The number of carbonyl (C=O) groups excluding carboxylic acids is 1. The van der Waals surface area contributed by atoms with Crippen LogP contribution < -0.4 is 9.88 Å². The zero-order chi connectivity index (χ0) is 11.8. The average molecular weight is 241 g/mol. The second kappa shape index (κ2) is 3.88. The van der Waals surface area contributed by atoms with E-state index in [4.69, 9.17) is 9.88 Å². The molecule has 2 N–H and O–H groups in total. The van der Waals surface area contributed by atoms with Crippen LogP contribution in [0.15, 0.2) is 23.1 Å². The molecule has 0 heterocycles. The molecule has 0 unspecified atom stereocenters. The number of nitrogens with two attached hydrogens (primary N) is 1. The van der Waals surface area contributed by atoms with E-state index in [1.165, 1.54) is 18.2 Å². The smallest absolute Gasteiger partial charge is 0.238 e. The molecule has 0 atom stereocenters. The van der Waals surface area contributed by atoms with Crippen LogP contribution >= 0.6 is 0 Å². The molecule has 1 aliphatic carbocycles. The SMILES string of the molecule is NS(=O)(=O)c1ccc(C=O)c(OC2CC2)c1. The minimum Gasteiger partial charge on any atom is -0.490 e. The fourth-order valence-electron chi connectivity index (χ4n) is 1.26. The molecule has 1 fully saturated rings. The molecule has 0 bridgehead atoms. The molecule has 5 nitrogen and oxygen atoms in total. The van der Waals surface area contributed by atoms with Crippen molar-refractivity contribution in [1.29, 1.82) is 0 Å². The maximum absolute atomic E-state index is 11.1. The molecule has 0 aromatic heterocycles. The van der Waals surface area contributed by atoms with Crippen molar-refractivity contribution in [2.75, 3.05) is 0 Å². The molecule has 0 aliphatic heterocycles. The number of hydrogen-bond acceptors (Lipinski definition) is 4. The van der Waals surface area contributed by atoms with E-state index in [2.05, 4.69) is 0 Å². The Balaban J connectivity index is 2.41. The van der Waals surface area contributed by atoms with Crippen LogP contribution in [0.25, 0.3) is 0 Å². The van der Waals surface area contributed by atoms with Gasteiger partial charge in [0.1, 0.15) is 5.75 Å². The first-order valence-corrected chi connectivity index (χ1v) is 6.34. The highest BCUT2D eigenvalue weighted by Crippen LogP contribution is 2.30. The van der Waals surface area contributed by atoms with E-state index < -0.39 is 10.0 Å². The Kier molecular flexibility index (Phi) is 2.69. The molecule has 1 aromatic rings. The zero-order valence-corrected chi connectivity index (χ0v) is 9.24. The number of hydrogen-bond donors (Lipinski definition) is 1. The third-order valence-corrected chi connectivity index (χ3v) is 3.17. The zero-order valence-electron chi connectivity index (χ0n) is 8.42. The lowest BCUT2D eigenvalue weighted by molar-refractivity contribution is 0.111. The van der Waals surface area contributed by atoms with Gasteiger partial charge in [-0.15, -0.1) is 0 Å². The van der Waals surface area contributed by atoms with E-state index in [0.29, 0.717) is 11.8 Å². The van der Waals surface area contributed by atoms with Crippen LogP contribution in [-0.4, -0.2) is 20.8 Å². The quantitative estimate of drug-likeness (QED) is 0.785. The van der Waals surface area contributed by atoms with Gasteiger partial charge in [-0.1, -0.05) is 0 Å². The molecular formula is C10H11NO4S. The maximum Gasteiger partial charge on any atom is 0.238 e. The summed E-state index contributed by atoms with van der Waals surface area (Å²) >= 11 is 0. The molecular weight excluding hydrogens is 230 g/mol. The molecule has 0 radical (unpaired) electrons. The largest absolute Gasteiger partial charge is 0.490 e. The third kappa shape index (κ3) is 2.40. The van der Waals surface area contributed by atoms with Crippen molar-refractivity contribution < 1.29 is 17.9 Å². The highest BCUT2D eigenvalue weighted by molar-refractivity contribution is 7.89. The van der Waals surface area contributed by atoms with Gasteiger partial charge in [-0.25, -0.2) is 13.6 Å². The highest BCUT2D eigenvalue weighted by Gasteiger charge is 2.25. The van der Waals surface area contributed by atoms with E-state index >= 15 is 0 Å². The minimum atomic E-state index is -3.76. The highest BCUT2D eigenvalue weighted by atomic mass is 32.2. The number of sulfonamides is 1. The topological polar surface area (TPSA) is 86.5 Å². The van der Waals surface area contributed by atoms with Crippen molar-refractivity contribution in [3.8, 4) is 5.75 Å². The van der Waals surface area contributed by atoms with Crippen LogP contribution in [0, 0.1) is 0 Å². The van der Waals surface area contributed by atoms with Gasteiger partial charge >= 0.3 is 0 Å². The number of ether oxygens (including phenoxy) is 1. The molecule has 1 aromatic carbocycles. The monoisotopic (exact) mass is 241 g/mol. The van der Waals surface area contributed by atoms with Crippen molar-refractivity contribution >= 4 is 16.3 Å². The maximum atomic E-state index is 11.1. The second-order valence-electron chi connectivity index (χ2n) is 3.68. The van der Waals surface area contributed by atoms with Gasteiger partial charge < -0.3 is 4.74 Å². The number of rotatable bonds is 4. The summed E-state index contributed by atoms with van der Waals surface area (Å²) in [7, 11) is -3.76. The molecule has 1 saturated carbocycles. The molecule has 0 saturated heterocycles. The van der Waals surface area contributed by atoms with Crippen LogP contribution in [-0.2, 0) is 10.0 Å². The van der Waals surface area contributed by atoms with Gasteiger partial charge in [0.25, 0.3) is 0 Å². The summed E-state index contributed by atoms with van der Waals surface area (Å²) in [6, 6.07) is 3.97. The molecule has 0 spiro atoms. The van der Waals surface area contributed by atoms with Gasteiger partial charge in [-0.3, -0.25) is 4.79 Å². The average Bonchev–Trinajstić information content (AvgIpc) is 3.00. The van der Waals surface area contributed by atoms with Crippen LogP contribution in [0.3, 0.4) is 0 Å². The lowest BCUT2D eigenvalue weighted by Crippen LogP contribution is -2.12. The molecule has 0 amide bonds. The van der Waals surface area contributed by atoms with Crippen LogP contribution in [0.1, 0.15) is 23.2 Å². The number of primary sulfonamides is 1. The molecule has 1 aliphatic rings. The summed E-state index contributed by atoms with van der Waals surface area (Å²) in [4.78, 5) is 10.7. The summed E-state index contributed by atoms with van der Waals surface area (Å²) < 4.78 is 27.7. The minimum absolute atomic E-state index is 0.0475. The first-order chi connectivity index (χ1) is 7.50.